The summed E-state index contributed by atoms with van der Waals surface area (Å²) in [7, 11) is 0. The first-order valence-corrected chi connectivity index (χ1v) is 12.5. The molecular formula is C26H33F6N3O5. The third kappa shape index (κ3) is 9.51. The zero-order chi connectivity index (χ0) is 30.5. The number of nitrogens with two attached hydrogens (primary N) is 1. The molecule has 14 heteroatoms. The number of nitrogens with zero attached hydrogens (tertiary/aromatic N) is 1. The number of halogens is 6. The summed E-state index contributed by atoms with van der Waals surface area (Å²) in [5.74, 6) is -5.00. The molecule has 224 valence electrons. The van der Waals surface area contributed by atoms with E-state index in [0.29, 0.717) is 23.4 Å². The molecule has 1 spiro atoms. The van der Waals surface area contributed by atoms with Gasteiger partial charge in [0.1, 0.15) is 0 Å². The van der Waals surface area contributed by atoms with Crippen molar-refractivity contribution in [3.63, 3.8) is 0 Å². The second-order valence-corrected chi connectivity index (χ2v) is 10.3. The molecule has 1 unspecified atom stereocenters. The van der Waals surface area contributed by atoms with Gasteiger partial charge in [-0.25, -0.2) is 9.59 Å². The van der Waals surface area contributed by atoms with Gasteiger partial charge < -0.3 is 21.3 Å². The number of carboxylic acids is 2. The maximum atomic E-state index is 11.3. The second-order valence-electron chi connectivity index (χ2n) is 10.3. The number of hydrogen-bond donors (Lipinski definition) is 4. The number of primary amides is 1. The number of likely N-dealkylation sites (tertiary alicyclic amines) is 1. The van der Waals surface area contributed by atoms with Gasteiger partial charge in [-0.1, -0.05) is 48.9 Å². The summed E-state index contributed by atoms with van der Waals surface area (Å²) in [5.41, 5.74) is 8.76. The molecular weight excluding hydrogens is 548 g/mol. The van der Waals surface area contributed by atoms with Crippen LogP contribution in [-0.2, 0) is 14.4 Å². The van der Waals surface area contributed by atoms with Crippen molar-refractivity contribution in [2.24, 2.45) is 17.1 Å². The van der Waals surface area contributed by atoms with Crippen LogP contribution in [-0.4, -0.2) is 76.5 Å². The molecule has 5 N–H and O–H groups in total. The fourth-order valence-corrected chi connectivity index (χ4v) is 4.96. The van der Waals surface area contributed by atoms with Crippen LogP contribution in [0.1, 0.15) is 45.1 Å². The zero-order valence-corrected chi connectivity index (χ0v) is 21.9. The lowest BCUT2D eigenvalue weighted by Gasteiger charge is -2.60. The number of alkyl halides is 6. The van der Waals surface area contributed by atoms with Gasteiger partial charge in [-0.15, -0.1) is 0 Å². The van der Waals surface area contributed by atoms with Gasteiger partial charge in [0, 0.05) is 25.2 Å². The summed E-state index contributed by atoms with van der Waals surface area (Å²) in [6.45, 7) is 6.27. The molecule has 3 atom stereocenters. The van der Waals surface area contributed by atoms with Crippen LogP contribution < -0.4 is 11.1 Å². The lowest BCUT2D eigenvalue weighted by Crippen LogP contribution is -2.69. The Balaban J connectivity index is 0.000000333. The van der Waals surface area contributed by atoms with E-state index in [1.54, 1.807) is 5.57 Å². The van der Waals surface area contributed by atoms with Gasteiger partial charge in [0.05, 0.1) is 6.04 Å². The van der Waals surface area contributed by atoms with Crippen molar-refractivity contribution >= 4 is 23.9 Å². The Labute approximate surface area is 227 Å². The van der Waals surface area contributed by atoms with Gasteiger partial charge in [-0.05, 0) is 49.5 Å². The van der Waals surface area contributed by atoms with Gasteiger partial charge in [0.2, 0.25) is 5.91 Å². The monoisotopic (exact) mass is 581 g/mol. The Morgan fingerprint density at radius 2 is 1.52 bits per heavy atom. The van der Waals surface area contributed by atoms with E-state index >= 15 is 0 Å². The SMILES string of the molecule is CC/C(=C\c1ccccc1)[C@@H]1C[C@H]1NC1CC2(C1)CN(C(C)C(N)=O)C2.O=C(O)C(F)(F)F.O=C(O)C(F)(F)F. The zero-order valence-electron chi connectivity index (χ0n) is 21.9. The molecule has 1 aromatic carbocycles. The Morgan fingerprint density at radius 1 is 1.05 bits per heavy atom. The number of amides is 1. The van der Waals surface area contributed by atoms with Crippen LogP contribution in [0.4, 0.5) is 26.3 Å². The first-order valence-electron chi connectivity index (χ1n) is 12.5. The maximum Gasteiger partial charge on any atom is 0.490 e. The molecule has 1 heterocycles. The van der Waals surface area contributed by atoms with Crippen molar-refractivity contribution in [2.75, 3.05) is 13.1 Å². The molecule has 0 bridgehead atoms. The van der Waals surface area contributed by atoms with Crippen LogP contribution in [0, 0.1) is 11.3 Å². The van der Waals surface area contributed by atoms with Crippen LogP contribution in [0.25, 0.3) is 6.08 Å². The summed E-state index contributed by atoms with van der Waals surface area (Å²) in [6, 6.07) is 11.9. The average Bonchev–Trinajstić information content (AvgIpc) is 3.57. The topological polar surface area (TPSA) is 133 Å². The highest BCUT2D eigenvalue weighted by Crippen LogP contribution is 2.50. The van der Waals surface area contributed by atoms with Crippen LogP contribution in [0.2, 0.25) is 0 Å². The van der Waals surface area contributed by atoms with Gasteiger partial charge >= 0.3 is 24.3 Å². The van der Waals surface area contributed by atoms with E-state index in [1.807, 2.05) is 6.92 Å². The third-order valence-electron chi connectivity index (χ3n) is 7.16. The van der Waals surface area contributed by atoms with E-state index in [1.165, 1.54) is 24.8 Å². The largest absolute Gasteiger partial charge is 0.490 e. The second kappa shape index (κ2) is 13.0. The smallest absolute Gasteiger partial charge is 0.475 e. The minimum absolute atomic E-state index is 0.115. The summed E-state index contributed by atoms with van der Waals surface area (Å²) in [4.78, 5) is 31.3. The molecule has 1 saturated heterocycles. The number of benzene rings is 1. The van der Waals surface area contributed by atoms with Crippen molar-refractivity contribution in [2.45, 2.75) is 70.0 Å². The Kier molecular flexibility index (Phi) is 10.8. The minimum atomic E-state index is -5.08. The number of aliphatic carboxylic acids is 2. The van der Waals surface area contributed by atoms with E-state index < -0.39 is 24.3 Å². The normalized spacial score (nSPS) is 22.9. The molecule has 1 amide bonds. The Hall–Kier alpha value is -3.13. The van der Waals surface area contributed by atoms with Crippen molar-refractivity contribution < 1.29 is 50.9 Å². The number of rotatable bonds is 7. The maximum absolute atomic E-state index is 11.3. The molecule has 0 radical (unpaired) electrons. The van der Waals surface area contributed by atoms with Gasteiger partial charge in [-0.3, -0.25) is 9.69 Å². The first kappa shape index (κ1) is 33.1. The third-order valence-corrected chi connectivity index (χ3v) is 7.16. The highest BCUT2D eigenvalue weighted by molar-refractivity contribution is 5.79. The number of carbonyl (C=O) groups excluding carboxylic acids is 1. The summed E-state index contributed by atoms with van der Waals surface area (Å²) >= 11 is 0. The van der Waals surface area contributed by atoms with Crippen molar-refractivity contribution in [1.29, 1.82) is 0 Å². The van der Waals surface area contributed by atoms with Gasteiger partial charge in [-0.2, -0.15) is 26.3 Å². The van der Waals surface area contributed by atoms with Gasteiger partial charge in [0.25, 0.3) is 0 Å². The van der Waals surface area contributed by atoms with Crippen molar-refractivity contribution in [3.05, 3.63) is 41.5 Å². The highest BCUT2D eigenvalue weighted by Gasteiger charge is 2.55. The minimum Gasteiger partial charge on any atom is -0.475 e. The average molecular weight is 582 g/mol. The molecule has 40 heavy (non-hydrogen) atoms. The molecule has 1 aromatic rings. The predicted molar refractivity (Wildman–Crippen MR) is 133 cm³/mol. The molecule has 3 aliphatic rings. The summed E-state index contributed by atoms with van der Waals surface area (Å²) < 4.78 is 63.5. The quantitative estimate of drug-likeness (QED) is 0.357. The molecule has 2 saturated carbocycles. The number of hydrogen-bond acceptors (Lipinski definition) is 5. The summed E-state index contributed by atoms with van der Waals surface area (Å²) in [6.07, 6.45) is -2.87. The molecule has 8 nitrogen and oxygen atoms in total. The van der Waals surface area contributed by atoms with E-state index in [-0.39, 0.29) is 11.9 Å². The predicted octanol–water partition coefficient (Wildman–Crippen LogP) is 4.06. The van der Waals surface area contributed by atoms with E-state index in [0.717, 1.165) is 19.5 Å². The highest BCUT2D eigenvalue weighted by atomic mass is 19.4. The van der Waals surface area contributed by atoms with Crippen molar-refractivity contribution in [1.82, 2.24) is 10.2 Å². The standard InChI is InChI=1S/C22H31N3O.2C2HF3O2/c1-3-17(9-16-7-5-4-6-8-16)19-10-20(19)24-18-11-22(12-18)13-25(14-22)15(2)21(23)26;2*3-2(4,5)1(6)7/h4-9,15,18-20,24H,3,10-14H2,1-2H3,(H2,23,26);2*(H,6,7)/b17-9+;;/t15?,19-,20+;;/m0../s1. The van der Waals surface area contributed by atoms with Crippen LogP contribution in [0.5, 0.6) is 0 Å². The fraction of sp³-hybridized carbons (Fsp3) is 0.577. The van der Waals surface area contributed by atoms with Crippen LogP contribution >= 0.6 is 0 Å². The fourth-order valence-electron chi connectivity index (χ4n) is 4.96. The first-order chi connectivity index (χ1) is 18.4. The molecule has 2 aliphatic carbocycles. The van der Waals surface area contributed by atoms with Crippen LogP contribution in [0.15, 0.2) is 35.9 Å². The van der Waals surface area contributed by atoms with Crippen molar-refractivity contribution in [3.8, 4) is 0 Å². The lowest BCUT2D eigenvalue weighted by molar-refractivity contribution is -0.193. The van der Waals surface area contributed by atoms with Gasteiger partial charge in [0.15, 0.2) is 0 Å². The molecule has 1 aliphatic heterocycles. The Morgan fingerprint density at radius 3 is 1.93 bits per heavy atom. The lowest BCUT2D eigenvalue weighted by atomic mass is 9.60. The molecule has 4 rings (SSSR count). The molecule has 3 fully saturated rings. The number of nitrogens with one attached hydrogen (secondary N) is 1. The van der Waals surface area contributed by atoms with E-state index in [4.69, 9.17) is 25.5 Å². The van der Waals surface area contributed by atoms with Crippen LogP contribution in [0.3, 0.4) is 0 Å². The Bertz CT molecular complexity index is 1040. The number of carboxylic acid groups (broad SMARTS) is 2. The molecule has 0 aromatic heterocycles. The number of carbonyl (C=O) groups is 3. The summed E-state index contributed by atoms with van der Waals surface area (Å²) in [5, 5.41) is 18.1. The van der Waals surface area contributed by atoms with E-state index in [2.05, 4.69) is 53.5 Å². The van der Waals surface area contributed by atoms with E-state index in [9.17, 15) is 31.1 Å².